The molecule has 0 saturated carbocycles. The number of benzene rings is 1. The minimum atomic E-state index is -4.44. The second-order valence-corrected chi connectivity index (χ2v) is 10.3. The van der Waals surface area contributed by atoms with E-state index in [1.54, 1.807) is 36.5 Å². The number of nitrogens with one attached hydrogen (secondary N) is 1. The SMILES string of the molecule is O=C1NC(=O)/C(=C/c2ccnc(N3CCC(CCCc4ccc(-c5ccccc5C(F)(F)F)o4)CC3)n2)S1. The van der Waals surface area contributed by atoms with E-state index in [2.05, 4.69) is 20.2 Å². The van der Waals surface area contributed by atoms with Gasteiger partial charge in [0.05, 0.1) is 16.2 Å². The number of aromatic nitrogens is 2. The number of rotatable bonds is 7. The van der Waals surface area contributed by atoms with Crippen LogP contribution in [-0.4, -0.2) is 34.2 Å². The summed E-state index contributed by atoms with van der Waals surface area (Å²) in [6, 6.07) is 10.5. The molecule has 2 saturated heterocycles. The molecule has 0 bridgehead atoms. The normalized spacial score (nSPS) is 17.9. The van der Waals surface area contributed by atoms with E-state index >= 15 is 0 Å². The van der Waals surface area contributed by atoms with Crippen LogP contribution in [0.15, 0.2) is 58.0 Å². The molecule has 2 aromatic heterocycles. The van der Waals surface area contributed by atoms with E-state index in [1.807, 2.05) is 0 Å². The van der Waals surface area contributed by atoms with Gasteiger partial charge in [0.25, 0.3) is 11.1 Å². The molecule has 3 aromatic rings. The molecule has 4 heterocycles. The average molecular weight is 543 g/mol. The highest BCUT2D eigenvalue weighted by atomic mass is 32.2. The lowest BCUT2D eigenvalue weighted by Gasteiger charge is -2.32. The zero-order valence-corrected chi connectivity index (χ0v) is 21.1. The first-order chi connectivity index (χ1) is 18.3. The number of piperidine rings is 1. The van der Waals surface area contributed by atoms with Crippen molar-refractivity contribution in [3.05, 3.63) is 70.6 Å². The molecular weight excluding hydrogens is 517 g/mol. The van der Waals surface area contributed by atoms with Gasteiger partial charge in [-0.2, -0.15) is 13.2 Å². The van der Waals surface area contributed by atoms with Crippen LogP contribution in [0.4, 0.5) is 23.9 Å². The Kier molecular flexibility index (Phi) is 7.55. The van der Waals surface area contributed by atoms with Gasteiger partial charge in [-0.1, -0.05) is 18.2 Å². The number of furan rings is 1. The maximum Gasteiger partial charge on any atom is 0.417 e. The third-order valence-electron chi connectivity index (χ3n) is 6.68. The summed E-state index contributed by atoms with van der Waals surface area (Å²) in [4.78, 5) is 34.5. The van der Waals surface area contributed by atoms with Gasteiger partial charge in [-0.25, -0.2) is 9.97 Å². The van der Waals surface area contributed by atoms with Crippen LogP contribution in [0.1, 0.15) is 42.7 Å². The lowest BCUT2D eigenvalue weighted by molar-refractivity contribution is -0.137. The molecule has 0 spiro atoms. The van der Waals surface area contributed by atoms with E-state index in [1.165, 1.54) is 12.1 Å². The van der Waals surface area contributed by atoms with Crippen molar-refractivity contribution in [1.82, 2.24) is 15.3 Å². The van der Waals surface area contributed by atoms with Gasteiger partial charge in [0.15, 0.2) is 0 Å². The highest BCUT2D eigenvalue weighted by Crippen LogP contribution is 2.37. The number of imide groups is 1. The summed E-state index contributed by atoms with van der Waals surface area (Å²) in [5.41, 5.74) is -0.0724. The zero-order valence-electron chi connectivity index (χ0n) is 20.3. The van der Waals surface area contributed by atoms with E-state index in [0.29, 0.717) is 34.6 Å². The van der Waals surface area contributed by atoms with Crippen LogP contribution in [-0.2, 0) is 17.4 Å². The number of alkyl halides is 3. The van der Waals surface area contributed by atoms with Gasteiger partial charge >= 0.3 is 6.18 Å². The molecule has 2 fully saturated rings. The van der Waals surface area contributed by atoms with Gasteiger partial charge in [0.2, 0.25) is 5.95 Å². The molecule has 0 atom stereocenters. The molecule has 2 aliphatic heterocycles. The Morgan fingerprint density at radius 3 is 2.63 bits per heavy atom. The fourth-order valence-corrected chi connectivity index (χ4v) is 5.41. The minimum absolute atomic E-state index is 0.0554. The fourth-order valence-electron chi connectivity index (χ4n) is 4.74. The van der Waals surface area contributed by atoms with Crippen molar-refractivity contribution in [1.29, 1.82) is 0 Å². The molecule has 11 heteroatoms. The zero-order chi connectivity index (χ0) is 26.7. The molecule has 7 nitrogen and oxygen atoms in total. The topological polar surface area (TPSA) is 88.3 Å². The van der Waals surface area contributed by atoms with Gasteiger partial charge in [-0.15, -0.1) is 0 Å². The van der Waals surface area contributed by atoms with E-state index in [4.69, 9.17) is 4.42 Å². The Morgan fingerprint density at radius 1 is 1.11 bits per heavy atom. The summed E-state index contributed by atoms with van der Waals surface area (Å²) >= 11 is 0.853. The van der Waals surface area contributed by atoms with Crippen LogP contribution in [0.5, 0.6) is 0 Å². The average Bonchev–Trinajstić information content (AvgIpc) is 3.49. The van der Waals surface area contributed by atoms with E-state index in [0.717, 1.165) is 56.6 Å². The molecule has 1 N–H and O–H groups in total. The summed E-state index contributed by atoms with van der Waals surface area (Å²) in [7, 11) is 0. The first kappa shape index (κ1) is 26.0. The molecule has 38 heavy (non-hydrogen) atoms. The van der Waals surface area contributed by atoms with Crippen molar-refractivity contribution < 1.29 is 27.2 Å². The molecule has 5 rings (SSSR count). The first-order valence-corrected chi connectivity index (χ1v) is 13.2. The van der Waals surface area contributed by atoms with Crippen molar-refractivity contribution >= 4 is 34.9 Å². The lowest BCUT2D eigenvalue weighted by atomic mass is 9.91. The van der Waals surface area contributed by atoms with Crippen molar-refractivity contribution in [2.45, 2.75) is 38.3 Å². The van der Waals surface area contributed by atoms with Gasteiger partial charge < -0.3 is 9.32 Å². The molecule has 1 aromatic carbocycles. The lowest BCUT2D eigenvalue weighted by Crippen LogP contribution is -2.35. The molecule has 2 aliphatic rings. The number of anilines is 1. The minimum Gasteiger partial charge on any atom is -0.461 e. The summed E-state index contributed by atoms with van der Waals surface area (Å²) in [5.74, 6) is 1.62. The Labute approximate surface area is 221 Å². The van der Waals surface area contributed by atoms with Crippen LogP contribution in [0, 0.1) is 5.92 Å². The van der Waals surface area contributed by atoms with Crippen LogP contribution < -0.4 is 10.2 Å². The van der Waals surface area contributed by atoms with Crippen molar-refractivity contribution in [2.24, 2.45) is 5.92 Å². The number of aryl methyl sites for hydroxylation is 1. The monoisotopic (exact) mass is 542 g/mol. The summed E-state index contributed by atoms with van der Waals surface area (Å²) in [5, 5.41) is 1.84. The molecule has 198 valence electrons. The Balaban J connectivity index is 1.11. The Bertz CT molecular complexity index is 1360. The number of carbonyl (C=O) groups is 2. The number of halogens is 3. The third-order valence-corrected chi connectivity index (χ3v) is 7.49. The smallest absolute Gasteiger partial charge is 0.417 e. The number of carbonyl (C=O) groups excluding carboxylic acids is 2. The fraction of sp³-hybridized carbons (Fsp3) is 0.333. The van der Waals surface area contributed by atoms with E-state index in [-0.39, 0.29) is 11.3 Å². The number of amides is 2. The maximum absolute atomic E-state index is 13.3. The van der Waals surface area contributed by atoms with Crippen molar-refractivity contribution in [3.8, 4) is 11.3 Å². The predicted molar refractivity (Wildman–Crippen MR) is 138 cm³/mol. The summed E-state index contributed by atoms with van der Waals surface area (Å²) in [6.45, 7) is 1.61. The molecule has 2 amide bonds. The van der Waals surface area contributed by atoms with Crippen molar-refractivity contribution in [3.63, 3.8) is 0 Å². The quantitative estimate of drug-likeness (QED) is 0.350. The number of hydrogen-bond acceptors (Lipinski definition) is 7. The molecule has 0 aliphatic carbocycles. The van der Waals surface area contributed by atoms with Crippen LogP contribution in [0.25, 0.3) is 17.4 Å². The molecule has 0 radical (unpaired) electrons. The Hall–Kier alpha value is -3.60. The van der Waals surface area contributed by atoms with Gasteiger partial charge in [-0.05, 0) is 73.7 Å². The maximum atomic E-state index is 13.3. The molecule has 0 unspecified atom stereocenters. The highest BCUT2D eigenvalue weighted by Gasteiger charge is 2.34. The first-order valence-electron chi connectivity index (χ1n) is 12.3. The third kappa shape index (κ3) is 6.09. The molecular formula is C27H25F3N4O3S. The van der Waals surface area contributed by atoms with Crippen LogP contribution >= 0.6 is 11.8 Å². The number of hydrogen-bond donors (Lipinski definition) is 1. The standard InChI is InChI=1S/C27H25F3N4O3S/c28-27(29,30)21-7-2-1-6-20(21)22-9-8-19(37-22)5-3-4-17-11-14-34(15-12-17)25-31-13-10-18(32-25)16-23-24(35)33-26(36)38-23/h1-2,6-10,13,16-17H,3-5,11-12,14-15H2,(H,33,35,36)/b23-16-. The summed E-state index contributed by atoms with van der Waals surface area (Å²) in [6.07, 6.45) is 3.30. The van der Waals surface area contributed by atoms with Gasteiger partial charge in [0, 0.05) is 31.3 Å². The Morgan fingerprint density at radius 2 is 1.89 bits per heavy atom. The van der Waals surface area contributed by atoms with Gasteiger partial charge in [0.1, 0.15) is 11.5 Å². The number of nitrogens with zero attached hydrogens (tertiary/aromatic N) is 3. The highest BCUT2D eigenvalue weighted by molar-refractivity contribution is 8.18. The summed E-state index contributed by atoms with van der Waals surface area (Å²) < 4.78 is 45.8. The second-order valence-electron chi connectivity index (χ2n) is 9.27. The van der Waals surface area contributed by atoms with E-state index < -0.39 is 22.9 Å². The number of thioether (sulfide) groups is 1. The van der Waals surface area contributed by atoms with Gasteiger partial charge in [-0.3, -0.25) is 14.9 Å². The second kappa shape index (κ2) is 11.0. The van der Waals surface area contributed by atoms with Crippen molar-refractivity contribution in [2.75, 3.05) is 18.0 Å². The van der Waals surface area contributed by atoms with Crippen LogP contribution in [0.3, 0.4) is 0 Å². The van der Waals surface area contributed by atoms with Crippen LogP contribution in [0.2, 0.25) is 0 Å². The predicted octanol–water partition coefficient (Wildman–Crippen LogP) is 6.32. The largest absolute Gasteiger partial charge is 0.461 e. The van der Waals surface area contributed by atoms with E-state index in [9.17, 15) is 22.8 Å².